The van der Waals surface area contributed by atoms with Crippen LogP contribution >= 0.6 is 23.2 Å². The molecule has 0 saturated carbocycles. The standard InChI is InChI=1S/C22H22Cl2N4O2/c23-18-5-4-15(11-19(18)24)14-28-9-6-16(7-10-28)20-12-21(30-27-20)22(29)26-13-17-3-1-2-8-25-17/h1-5,8,11-12,16H,6-7,9-10,13-14H2,(H,26,29). The number of nitrogens with one attached hydrogen (secondary N) is 1. The van der Waals surface area contributed by atoms with Crippen molar-refractivity contribution in [3.63, 3.8) is 0 Å². The van der Waals surface area contributed by atoms with E-state index in [9.17, 15) is 4.79 Å². The first kappa shape index (κ1) is 20.8. The average Bonchev–Trinajstić information content (AvgIpc) is 3.26. The highest BCUT2D eigenvalue weighted by Gasteiger charge is 2.25. The summed E-state index contributed by atoms with van der Waals surface area (Å²) < 4.78 is 5.29. The van der Waals surface area contributed by atoms with Gasteiger partial charge in [0.1, 0.15) is 0 Å². The van der Waals surface area contributed by atoms with E-state index in [2.05, 4.69) is 20.4 Å². The molecule has 0 radical (unpaired) electrons. The Bertz CT molecular complexity index is 1000. The van der Waals surface area contributed by atoms with Crippen LogP contribution in [0, 0.1) is 0 Å². The number of pyridine rings is 1. The Morgan fingerprint density at radius 2 is 1.97 bits per heavy atom. The van der Waals surface area contributed by atoms with E-state index in [0.717, 1.165) is 49.4 Å². The van der Waals surface area contributed by atoms with Gasteiger partial charge < -0.3 is 9.84 Å². The molecule has 30 heavy (non-hydrogen) atoms. The lowest BCUT2D eigenvalue weighted by atomic mass is 9.93. The molecule has 0 aliphatic carbocycles. The van der Waals surface area contributed by atoms with Crippen molar-refractivity contribution in [2.24, 2.45) is 0 Å². The topological polar surface area (TPSA) is 71.3 Å². The molecule has 6 nitrogen and oxygen atoms in total. The van der Waals surface area contributed by atoms with Gasteiger partial charge in [-0.1, -0.05) is 40.5 Å². The number of carbonyl (C=O) groups excluding carboxylic acids is 1. The quantitative estimate of drug-likeness (QED) is 0.596. The van der Waals surface area contributed by atoms with Crippen LogP contribution in [0.5, 0.6) is 0 Å². The number of hydrogen-bond donors (Lipinski definition) is 1. The van der Waals surface area contributed by atoms with Crippen molar-refractivity contribution in [1.29, 1.82) is 0 Å². The monoisotopic (exact) mass is 444 g/mol. The van der Waals surface area contributed by atoms with Crippen LogP contribution in [0.3, 0.4) is 0 Å². The average molecular weight is 445 g/mol. The molecule has 0 atom stereocenters. The van der Waals surface area contributed by atoms with E-state index in [-0.39, 0.29) is 17.6 Å². The molecule has 8 heteroatoms. The molecule has 4 rings (SSSR count). The van der Waals surface area contributed by atoms with Crippen LogP contribution in [-0.4, -0.2) is 34.0 Å². The van der Waals surface area contributed by atoms with E-state index in [1.807, 2.05) is 36.4 Å². The molecule has 0 spiro atoms. The first-order chi connectivity index (χ1) is 14.6. The number of benzene rings is 1. The maximum Gasteiger partial charge on any atom is 0.290 e. The summed E-state index contributed by atoms with van der Waals surface area (Å²) in [6.07, 6.45) is 3.62. The molecule has 3 aromatic rings. The molecule has 1 fully saturated rings. The Hall–Kier alpha value is -2.41. The van der Waals surface area contributed by atoms with Gasteiger partial charge in [0.15, 0.2) is 0 Å². The summed E-state index contributed by atoms with van der Waals surface area (Å²) in [5, 5.41) is 8.11. The summed E-state index contributed by atoms with van der Waals surface area (Å²) in [5.74, 6) is 0.242. The Balaban J connectivity index is 1.28. The minimum absolute atomic E-state index is 0.235. The van der Waals surface area contributed by atoms with Crippen LogP contribution in [0.4, 0.5) is 0 Å². The molecular weight excluding hydrogens is 423 g/mol. The maximum atomic E-state index is 12.3. The van der Waals surface area contributed by atoms with E-state index >= 15 is 0 Å². The van der Waals surface area contributed by atoms with Crippen molar-refractivity contribution < 1.29 is 9.32 Å². The third kappa shape index (κ3) is 5.19. The first-order valence-electron chi connectivity index (χ1n) is 9.89. The normalized spacial score (nSPS) is 15.3. The molecule has 1 N–H and O–H groups in total. The Kier molecular flexibility index (Phi) is 6.67. The zero-order valence-corrected chi connectivity index (χ0v) is 17.9. The number of nitrogens with zero attached hydrogens (tertiary/aromatic N) is 3. The van der Waals surface area contributed by atoms with Crippen molar-refractivity contribution >= 4 is 29.1 Å². The number of halogens is 2. The predicted molar refractivity (Wildman–Crippen MR) is 116 cm³/mol. The Morgan fingerprint density at radius 1 is 1.13 bits per heavy atom. The summed E-state index contributed by atoms with van der Waals surface area (Å²) in [4.78, 5) is 18.9. The van der Waals surface area contributed by atoms with Gasteiger partial charge in [0.2, 0.25) is 5.76 Å². The van der Waals surface area contributed by atoms with Gasteiger partial charge in [-0.25, -0.2) is 0 Å². The summed E-state index contributed by atoms with van der Waals surface area (Å²) in [6.45, 7) is 3.07. The molecule has 1 aliphatic rings. The van der Waals surface area contributed by atoms with Crippen LogP contribution in [0.2, 0.25) is 10.0 Å². The van der Waals surface area contributed by atoms with Gasteiger partial charge in [0, 0.05) is 24.7 Å². The molecule has 0 bridgehead atoms. The van der Waals surface area contributed by atoms with Crippen molar-refractivity contribution in [3.8, 4) is 0 Å². The molecule has 1 aliphatic heterocycles. The second-order valence-electron chi connectivity index (χ2n) is 7.42. The lowest BCUT2D eigenvalue weighted by molar-refractivity contribution is 0.0913. The van der Waals surface area contributed by atoms with Gasteiger partial charge >= 0.3 is 0 Å². The van der Waals surface area contributed by atoms with Crippen molar-refractivity contribution in [2.45, 2.75) is 31.8 Å². The fourth-order valence-corrected chi connectivity index (χ4v) is 3.95. The first-order valence-corrected chi connectivity index (χ1v) is 10.6. The SMILES string of the molecule is O=C(NCc1ccccn1)c1cc(C2CCN(Cc3ccc(Cl)c(Cl)c3)CC2)no1. The molecular formula is C22H22Cl2N4O2. The number of carbonyl (C=O) groups is 1. The number of aromatic nitrogens is 2. The highest BCUT2D eigenvalue weighted by atomic mass is 35.5. The van der Waals surface area contributed by atoms with Crippen LogP contribution in [0.25, 0.3) is 0 Å². The summed E-state index contributed by atoms with van der Waals surface area (Å²) in [7, 11) is 0. The van der Waals surface area contributed by atoms with Gasteiger partial charge in [0.05, 0.1) is 28.0 Å². The molecule has 1 amide bonds. The molecule has 1 saturated heterocycles. The summed E-state index contributed by atoms with van der Waals surface area (Å²) >= 11 is 12.1. The number of piperidine rings is 1. The largest absolute Gasteiger partial charge is 0.351 e. The van der Waals surface area contributed by atoms with E-state index in [4.69, 9.17) is 27.7 Å². The van der Waals surface area contributed by atoms with Gasteiger partial charge in [-0.15, -0.1) is 0 Å². The second-order valence-corrected chi connectivity index (χ2v) is 8.23. The van der Waals surface area contributed by atoms with Crippen molar-refractivity contribution in [1.82, 2.24) is 20.4 Å². The number of likely N-dealkylation sites (tertiary alicyclic amines) is 1. The van der Waals surface area contributed by atoms with E-state index in [0.29, 0.717) is 16.6 Å². The zero-order chi connectivity index (χ0) is 20.9. The molecule has 3 heterocycles. The highest BCUT2D eigenvalue weighted by Crippen LogP contribution is 2.29. The molecule has 156 valence electrons. The Morgan fingerprint density at radius 3 is 2.70 bits per heavy atom. The van der Waals surface area contributed by atoms with Gasteiger partial charge in [-0.05, 0) is 55.8 Å². The Labute approximate surface area is 185 Å². The summed E-state index contributed by atoms with van der Waals surface area (Å²) in [5.41, 5.74) is 2.78. The predicted octanol–water partition coefficient (Wildman–Crippen LogP) is 4.69. The second kappa shape index (κ2) is 9.60. The minimum Gasteiger partial charge on any atom is -0.351 e. The fourth-order valence-electron chi connectivity index (χ4n) is 3.63. The van der Waals surface area contributed by atoms with Gasteiger partial charge in [0.25, 0.3) is 5.91 Å². The molecule has 2 aromatic heterocycles. The fraction of sp³-hybridized carbons (Fsp3) is 0.318. The minimum atomic E-state index is -0.281. The maximum absolute atomic E-state index is 12.3. The third-order valence-corrected chi connectivity index (χ3v) is 6.04. The number of amides is 1. The summed E-state index contributed by atoms with van der Waals surface area (Å²) in [6, 6.07) is 13.1. The molecule has 0 unspecified atom stereocenters. The van der Waals surface area contributed by atoms with Crippen LogP contribution < -0.4 is 5.32 Å². The smallest absolute Gasteiger partial charge is 0.290 e. The van der Waals surface area contributed by atoms with Gasteiger partial charge in [-0.2, -0.15) is 0 Å². The lowest BCUT2D eigenvalue weighted by Gasteiger charge is -2.31. The van der Waals surface area contributed by atoms with Crippen molar-refractivity contribution in [3.05, 3.63) is 81.4 Å². The lowest BCUT2D eigenvalue weighted by Crippen LogP contribution is -2.32. The third-order valence-electron chi connectivity index (χ3n) is 5.30. The van der Waals surface area contributed by atoms with Gasteiger partial charge in [-0.3, -0.25) is 14.7 Å². The zero-order valence-electron chi connectivity index (χ0n) is 16.4. The number of hydrogen-bond acceptors (Lipinski definition) is 5. The van der Waals surface area contributed by atoms with Crippen LogP contribution in [0.15, 0.2) is 53.2 Å². The van der Waals surface area contributed by atoms with Crippen LogP contribution in [-0.2, 0) is 13.1 Å². The van der Waals surface area contributed by atoms with E-state index < -0.39 is 0 Å². The molecule has 1 aromatic carbocycles. The highest BCUT2D eigenvalue weighted by molar-refractivity contribution is 6.42. The van der Waals surface area contributed by atoms with Crippen molar-refractivity contribution in [2.75, 3.05) is 13.1 Å². The van der Waals surface area contributed by atoms with E-state index in [1.165, 1.54) is 0 Å². The van der Waals surface area contributed by atoms with E-state index in [1.54, 1.807) is 12.3 Å². The van der Waals surface area contributed by atoms with Crippen LogP contribution in [0.1, 0.15) is 46.3 Å². The number of rotatable bonds is 6.